The van der Waals surface area contributed by atoms with Crippen LogP contribution in [0.25, 0.3) is 33.2 Å². The highest BCUT2D eigenvalue weighted by Gasteiger charge is 2.15. The molecule has 0 aliphatic carbocycles. The van der Waals surface area contributed by atoms with E-state index in [2.05, 4.69) is 9.97 Å². The monoisotopic (exact) mass is 270 g/mol. The van der Waals surface area contributed by atoms with Gasteiger partial charge in [-0.1, -0.05) is 17.7 Å². The first-order valence-corrected chi connectivity index (χ1v) is 6.26. The van der Waals surface area contributed by atoms with Crippen LogP contribution in [0, 0.1) is 5.82 Å². The van der Waals surface area contributed by atoms with Crippen molar-refractivity contribution in [3.8, 4) is 11.4 Å². The van der Waals surface area contributed by atoms with E-state index < -0.39 is 0 Å². The van der Waals surface area contributed by atoms with Crippen LogP contribution in [0.4, 0.5) is 4.39 Å². The number of fused-ring (bicyclic) bond motifs is 4. The highest BCUT2D eigenvalue weighted by Crippen LogP contribution is 2.35. The van der Waals surface area contributed by atoms with Crippen LogP contribution in [0.3, 0.4) is 0 Å². The first kappa shape index (κ1) is 10.8. The van der Waals surface area contributed by atoms with Crippen LogP contribution in [-0.4, -0.2) is 9.97 Å². The summed E-state index contributed by atoms with van der Waals surface area (Å²) in [5, 5.41) is 2.37. The number of H-pyrrole nitrogens is 1. The van der Waals surface area contributed by atoms with E-state index in [-0.39, 0.29) is 5.82 Å². The number of nitrogens with zero attached hydrogens (tertiary/aromatic N) is 1. The number of aromatic amines is 1. The molecular formula is C15H8ClFN2. The van der Waals surface area contributed by atoms with E-state index >= 15 is 0 Å². The third-order valence-corrected chi connectivity index (χ3v) is 3.62. The smallest absolute Gasteiger partial charge is 0.123 e. The minimum Gasteiger partial charge on any atom is -0.353 e. The van der Waals surface area contributed by atoms with Gasteiger partial charge in [0.25, 0.3) is 0 Å². The zero-order valence-electron chi connectivity index (χ0n) is 9.74. The van der Waals surface area contributed by atoms with Gasteiger partial charge in [-0.05, 0) is 36.4 Å². The van der Waals surface area contributed by atoms with E-state index in [0.29, 0.717) is 5.02 Å². The molecule has 4 heteroatoms. The molecule has 0 amide bonds. The molecule has 4 rings (SSSR count). The Morgan fingerprint density at radius 3 is 2.89 bits per heavy atom. The lowest BCUT2D eigenvalue weighted by Gasteiger charge is -2.04. The molecule has 2 nitrogen and oxygen atoms in total. The molecule has 0 spiro atoms. The van der Waals surface area contributed by atoms with E-state index in [1.165, 1.54) is 12.1 Å². The second-order valence-corrected chi connectivity index (χ2v) is 4.91. The minimum atomic E-state index is -0.255. The van der Waals surface area contributed by atoms with E-state index in [0.717, 1.165) is 33.2 Å². The lowest BCUT2D eigenvalue weighted by Crippen LogP contribution is -1.87. The van der Waals surface area contributed by atoms with Crippen LogP contribution in [0.15, 0.2) is 42.5 Å². The molecule has 0 aromatic heterocycles. The highest BCUT2D eigenvalue weighted by atomic mass is 35.5. The fourth-order valence-electron chi connectivity index (χ4n) is 2.45. The summed E-state index contributed by atoms with van der Waals surface area (Å²) in [7, 11) is 0. The van der Waals surface area contributed by atoms with Crippen molar-refractivity contribution in [1.29, 1.82) is 0 Å². The third-order valence-electron chi connectivity index (χ3n) is 3.30. The number of aromatic nitrogens is 2. The van der Waals surface area contributed by atoms with Gasteiger partial charge in [0.1, 0.15) is 5.82 Å². The Morgan fingerprint density at radius 2 is 2.00 bits per heavy atom. The third kappa shape index (κ3) is 1.52. The van der Waals surface area contributed by atoms with E-state index in [9.17, 15) is 4.39 Å². The van der Waals surface area contributed by atoms with Crippen molar-refractivity contribution >= 4 is 33.4 Å². The van der Waals surface area contributed by atoms with Crippen LogP contribution < -0.4 is 0 Å². The maximum atomic E-state index is 13.2. The van der Waals surface area contributed by atoms with Crippen LogP contribution >= 0.6 is 11.6 Å². The zero-order valence-corrected chi connectivity index (χ0v) is 10.5. The van der Waals surface area contributed by atoms with Crippen molar-refractivity contribution in [3.05, 3.63) is 53.3 Å². The van der Waals surface area contributed by atoms with Gasteiger partial charge in [0.15, 0.2) is 0 Å². The predicted octanol–water partition coefficient (Wildman–Crippen LogP) is 4.61. The van der Waals surface area contributed by atoms with Crippen molar-refractivity contribution in [3.63, 3.8) is 0 Å². The number of hydrogen-bond acceptors (Lipinski definition) is 1. The van der Waals surface area contributed by atoms with Crippen molar-refractivity contribution in [2.24, 2.45) is 0 Å². The Labute approximate surface area is 113 Å². The van der Waals surface area contributed by atoms with Gasteiger partial charge in [0, 0.05) is 16.3 Å². The summed E-state index contributed by atoms with van der Waals surface area (Å²) in [6.45, 7) is 0. The molecular weight excluding hydrogens is 263 g/mol. The molecule has 2 aromatic carbocycles. The molecule has 2 aliphatic rings. The summed E-state index contributed by atoms with van der Waals surface area (Å²) in [4.78, 5) is 7.80. The van der Waals surface area contributed by atoms with E-state index in [4.69, 9.17) is 11.6 Å². The highest BCUT2D eigenvalue weighted by molar-refractivity contribution is 6.36. The molecule has 0 radical (unpaired) electrons. The lowest BCUT2D eigenvalue weighted by molar-refractivity contribution is 0.629. The van der Waals surface area contributed by atoms with Gasteiger partial charge in [-0.3, -0.25) is 0 Å². The number of halogens is 2. The second kappa shape index (κ2) is 3.68. The quantitative estimate of drug-likeness (QED) is 0.496. The largest absolute Gasteiger partial charge is 0.353 e. The van der Waals surface area contributed by atoms with Crippen LogP contribution in [0.2, 0.25) is 5.02 Å². The molecule has 0 unspecified atom stereocenters. The topological polar surface area (TPSA) is 28.7 Å². The number of rotatable bonds is 0. The summed E-state index contributed by atoms with van der Waals surface area (Å²) in [6.07, 6.45) is 0. The van der Waals surface area contributed by atoms with Gasteiger partial charge in [0.05, 0.1) is 21.9 Å². The van der Waals surface area contributed by atoms with E-state index in [1.54, 1.807) is 6.07 Å². The summed E-state index contributed by atoms with van der Waals surface area (Å²) in [5.41, 5.74) is 3.39. The Hall–Kier alpha value is -2.13. The predicted molar refractivity (Wildman–Crippen MR) is 75.2 cm³/mol. The molecule has 1 N–H and O–H groups in total. The zero-order chi connectivity index (χ0) is 13.0. The molecule has 2 aromatic rings. The SMILES string of the molecule is Fc1ccc2[nH]c3c4c(Cl)cccc4nc-3cc2c1. The fraction of sp³-hybridized carbons (Fsp3) is 0. The fourth-order valence-corrected chi connectivity index (χ4v) is 2.71. The Morgan fingerprint density at radius 1 is 1.11 bits per heavy atom. The first-order chi connectivity index (χ1) is 9.22. The standard InChI is InChI=1S/C15H8ClFN2/c16-10-2-1-3-12-14(10)15-13(18-12)7-8-6-9(17)4-5-11(8)19-15/h1-7,19H. The summed E-state index contributed by atoms with van der Waals surface area (Å²) < 4.78 is 13.2. The average Bonchev–Trinajstić information content (AvgIpc) is 2.74. The number of hydrogen-bond donors (Lipinski definition) is 1. The van der Waals surface area contributed by atoms with Crippen LogP contribution in [0.5, 0.6) is 0 Å². The first-order valence-electron chi connectivity index (χ1n) is 5.88. The molecule has 92 valence electrons. The Bertz CT molecular complexity index is 897. The number of nitrogens with one attached hydrogen (secondary N) is 1. The van der Waals surface area contributed by atoms with E-state index in [1.807, 2.05) is 24.3 Å². The normalized spacial score (nSPS) is 11.7. The molecule has 0 saturated carbocycles. The molecule has 2 heterocycles. The van der Waals surface area contributed by atoms with Crippen molar-refractivity contribution in [2.45, 2.75) is 0 Å². The maximum Gasteiger partial charge on any atom is 0.123 e. The molecule has 0 saturated heterocycles. The molecule has 2 aliphatic heterocycles. The van der Waals surface area contributed by atoms with Crippen molar-refractivity contribution in [2.75, 3.05) is 0 Å². The maximum absolute atomic E-state index is 13.2. The second-order valence-electron chi connectivity index (χ2n) is 4.51. The van der Waals surface area contributed by atoms with Gasteiger partial charge in [-0.25, -0.2) is 9.37 Å². The van der Waals surface area contributed by atoms with Gasteiger partial charge in [0.2, 0.25) is 0 Å². The van der Waals surface area contributed by atoms with Crippen molar-refractivity contribution in [1.82, 2.24) is 9.97 Å². The van der Waals surface area contributed by atoms with Gasteiger partial charge in [-0.2, -0.15) is 0 Å². The summed E-state index contributed by atoms with van der Waals surface area (Å²) >= 11 is 6.23. The Balaban J connectivity index is 2.21. The van der Waals surface area contributed by atoms with Crippen LogP contribution in [-0.2, 0) is 0 Å². The Kier molecular flexibility index (Phi) is 2.09. The van der Waals surface area contributed by atoms with Crippen LogP contribution in [0.1, 0.15) is 0 Å². The molecule has 0 fully saturated rings. The number of benzene rings is 2. The van der Waals surface area contributed by atoms with Gasteiger partial charge in [-0.15, -0.1) is 0 Å². The molecule has 19 heavy (non-hydrogen) atoms. The summed E-state index contributed by atoms with van der Waals surface area (Å²) in [5.74, 6) is -0.255. The van der Waals surface area contributed by atoms with Crippen molar-refractivity contribution < 1.29 is 4.39 Å². The lowest BCUT2D eigenvalue weighted by atomic mass is 10.1. The minimum absolute atomic E-state index is 0.255. The average molecular weight is 271 g/mol. The molecule has 0 bridgehead atoms. The van der Waals surface area contributed by atoms with Gasteiger partial charge >= 0.3 is 0 Å². The van der Waals surface area contributed by atoms with Gasteiger partial charge < -0.3 is 4.98 Å². The number of pyridine rings is 1. The summed E-state index contributed by atoms with van der Waals surface area (Å²) in [6, 6.07) is 12.2. The molecule has 0 atom stereocenters.